The molecule has 0 unspecified atom stereocenters. The zero-order valence-corrected chi connectivity index (χ0v) is 10.5. The molecule has 2 saturated heterocycles. The van der Waals surface area contributed by atoms with Crippen molar-refractivity contribution in [1.29, 1.82) is 0 Å². The maximum Gasteiger partial charge on any atom is 0.223 e. The molecular formula is C13H24N2O. The van der Waals surface area contributed by atoms with E-state index in [2.05, 4.69) is 24.1 Å². The van der Waals surface area contributed by atoms with Gasteiger partial charge in [-0.1, -0.05) is 0 Å². The summed E-state index contributed by atoms with van der Waals surface area (Å²) >= 11 is 0. The van der Waals surface area contributed by atoms with Gasteiger partial charge >= 0.3 is 0 Å². The molecule has 3 heteroatoms. The van der Waals surface area contributed by atoms with E-state index in [1.165, 1.54) is 25.7 Å². The summed E-state index contributed by atoms with van der Waals surface area (Å²) in [5.41, 5.74) is 0. The van der Waals surface area contributed by atoms with Crippen LogP contribution in [-0.4, -0.2) is 36.0 Å². The number of hydrogen-bond acceptors (Lipinski definition) is 2. The molecule has 0 radical (unpaired) electrons. The van der Waals surface area contributed by atoms with Crippen molar-refractivity contribution < 1.29 is 4.79 Å². The van der Waals surface area contributed by atoms with E-state index >= 15 is 0 Å². The van der Waals surface area contributed by atoms with E-state index in [-0.39, 0.29) is 0 Å². The molecule has 2 atom stereocenters. The summed E-state index contributed by atoms with van der Waals surface area (Å²) in [6.45, 7) is 6.54. The van der Waals surface area contributed by atoms with Crippen LogP contribution in [0.3, 0.4) is 0 Å². The molecule has 92 valence electrons. The summed E-state index contributed by atoms with van der Waals surface area (Å²) in [5, 5.41) is 3.35. The minimum atomic E-state index is 0.393. The summed E-state index contributed by atoms with van der Waals surface area (Å²) in [7, 11) is 0. The molecule has 0 aromatic rings. The van der Waals surface area contributed by atoms with Crippen molar-refractivity contribution in [1.82, 2.24) is 10.2 Å². The van der Waals surface area contributed by atoms with Crippen LogP contribution in [0.5, 0.6) is 0 Å². The average molecular weight is 224 g/mol. The Balaban J connectivity index is 1.86. The summed E-state index contributed by atoms with van der Waals surface area (Å²) in [5.74, 6) is 1.01. The second-order valence-electron chi connectivity index (χ2n) is 5.47. The van der Waals surface area contributed by atoms with Gasteiger partial charge in [0.15, 0.2) is 0 Å². The van der Waals surface area contributed by atoms with Crippen LogP contribution >= 0.6 is 0 Å². The Morgan fingerprint density at radius 3 is 2.25 bits per heavy atom. The quantitative estimate of drug-likeness (QED) is 0.775. The molecule has 3 nitrogen and oxygen atoms in total. The molecule has 0 aromatic carbocycles. The van der Waals surface area contributed by atoms with Crippen molar-refractivity contribution in [3.63, 3.8) is 0 Å². The first kappa shape index (κ1) is 11.9. The molecule has 0 spiro atoms. The van der Waals surface area contributed by atoms with Gasteiger partial charge in [-0.25, -0.2) is 0 Å². The first-order valence-corrected chi connectivity index (χ1v) is 6.70. The number of nitrogens with zero attached hydrogens (tertiary/aromatic N) is 1. The van der Waals surface area contributed by atoms with Gasteiger partial charge in [-0.15, -0.1) is 0 Å². The predicted molar refractivity (Wildman–Crippen MR) is 65.2 cm³/mol. The van der Waals surface area contributed by atoms with Crippen molar-refractivity contribution in [3.8, 4) is 0 Å². The lowest BCUT2D eigenvalue weighted by molar-refractivity contribution is -0.134. The highest BCUT2D eigenvalue weighted by Gasteiger charge is 2.32. The lowest BCUT2D eigenvalue weighted by Gasteiger charge is -2.29. The van der Waals surface area contributed by atoms with E-state index in [1.54, 1.807) is 0 Å². The van der Waals surface area contributed by atoms with Crippen LogP contribution in [0.2, 0.25) is 0 Å². The van der Waals surface area contributed by atoms with E-state index in [4.69, 9.17) is 0 Å². The number of hydrogen-bond donors (Lipinski definition) is 1. The minimum absolute atomic E-state index is 0.393. The first-order chi connectivity index (χ1) is 7.68. The number of amides is 1. The Morgan fingerprint density at radius 2 is 1.69 bits per heavy atom. The van der Waals surface area contributed by atoms with E-state index < -0.39 is 0 Å². The summed E-state index contributed by atoms with van der Waals surface area (Å²) < 4.78 is 0. The number of nitrogens with one attached hydrogen (secondary N) is 1. The van der Waals surface area contributed by atoms with Gasteiger partial charge < -0.3 is 10.2 Å². The van der Waals surface area contributed by atoms with Crippen LogP contribution in [0.15, 0.2) is 0 Å². The summed E-state index contributed by atoms with van der Waals surface area (Å²) in [6.07, 6.45) is 5.47. The molecule has 0 bridgehead atoms. The fourth-order valence-electron chi connectivity index (χ4n) is 3.12. The highest BCUT2D eigenvalue weighted by atomic mass is 16.2. The molecule has 2 fully saturated rings. The fourth-order valence-corrected chi connectivity index (χ4v) is 3.12. The fraction of sp³-hybridized carbons (Fsp3) is 0.923. The van der Waals surface area contributed by atoms with E-state index in [1.807, 2.05) is 0 Å². The second kappa shape index (κ2) is 5.17. The van der Waals surface area contributed by atoms with Crippen molar-refractivity contribution in [2.45, 2.75) is 58.0 Å². The molecule has 0 aromatic heterocycles. The van der Waals surface area contributed by atoms with Gasteiger partial charge in [-0.3, -0.25) is 4.79 Å². The number of rotatable bonds is 2. The third-order valence-electron chi connectivity index (χ3n) is 4.16. The summed E-state index contributed by atoms with van der Waals surface area (Å²) in [4.78, 5) is 14.4. The number of likely N-dealkylation sites (tertiary alicyclic amines) is 1. The maximum atomic E-state index is 12.2. The van der Waals surface area contributed by atoms with Crippen molar-refractivity contribution in [2.24, 2.45) is 5.92 Å². The normalized spacial score (nSPS) is 32.0. The van der Waals surface area contributed by atoms with E-state index in [0.29, 0.717) is 23.9 Å². The molecule has 1 amide bonds. The van der Waals surface area contributed by atoms with Crippen LogP contribution in [-0.2, 0) is 4.79 Å². The van der Waals surface area contributed by atoms with Crippen molar-refractivity contribution in [3.05, 3.63) is 0 Å². The third kappa shape index (κ3) is 2.57. The zero-order valence-electron chi connectivity index (χ0n) is 10.5. The largest absolute Gasteiger partial charge is 0.337 e. The van der Waals surface area contributed by atoms with Gasteiger partial charge in [-0.05, 0) is 58.5 Å². The number of piperidine rings is 1. The van der Waals surface area contributed by atoms with E-state index in [9.17, 15) is 4.79 Å². The summed E-state index contributed by atoms with van der Waals surface area (Å²) in [6, 6.07) is 0.924. The Bertz CT molecular complexity index is 238. The molecule has 1 N–H and O–H groups in total. The highest BCUT2D eigenvalue weighted by molar-refractivity contribution is 5.77. The standard InChI is InChI=1S/C13H24N2O/c1-10-3-4-11(2)15(10)13(16)9-12-5-7-14-8-6-12/h10-12,14H,3-9H2,1-2H3/t10-,11+. The highest BCUT2D eigenvalue weighted by Crippen LogP contribution is 2.26. The first-order valence-electron chi connectivity index (χ1n) is 6.70. The molecule has 2 rings (SSSR count). The van der Waals surface area contributed by atoms with Crippen molar-refractivity contribution in [2.75, 3.05) is 13.1 Å². The molecule has 0 aliphatic carbocycles. The van der Waals surface area contributed by atoms with Gasteiger partial charge in [0.25, 0.3) is 0 Å². The third-order valence-corrected chi connectivity index (χ3v) is 4.16. The molecule has 16 heavy (non-hydrogen) atoms. The van der Waals surface area contributed by atoms with Crippen LogP contribution in [0, 0.1) is 5.92 Å². The SMILES string of the molecule is C[C@@H]1CC[C@H](C)N1C(=O)CC1CCNCC1. The van der Waals surface area contributed by atoms with Gasteiger partial charge in [0.2, 0.25) is 5.91 Å². The van der Waals surface area contributed by atoms with Gasteiger partial charge in [0.1, 0.15) is 0 Å². The molecular weight excluding hydrogens is 200 g/mol. The predicted octanol–water partition coefficient (Wildman–Crippen LogP) is 1.78. The van der Waals surface area contributed by atoms with Crippen LogP contribution in [0.25, 0.3) is 0 Å². The Hall–Kier alpha value is -0.570. The van der Waals surface area contributed by atoms with Crippen LogP contribution in [0.4, 0.5) is 0 Å². The molecule has 2 aliphatic heterocycles. The maximum absolute atomic E-state index is 12.2. The van der Waals surface area contributed by atoms with Crippen LogP contribution < -0.4 is 5.32 Å². The Kier molecular flexibility index (Phi) is 3.85. The zero-order chi connectivity index (χ0) is 11.5. The lowest BCUT2D eigenvalue weighted by Crippen LogP contribution is -2.40. The second-order valence-corrected chi connectivity index (χ2v) is 5.47. The molecule has 0 saturated carbocycles. The Morgan fingerprint density at radius 1 is 1.12 bits per heavy atom. The van der Waals surface area contributed by atoms with Crippen LogP contribution in [0.1, 0.15) is 46.0 Å². The molecule has 2 aliphatic rings. The lowest BCUT2D eigenvalue weighted by atomic mass is 9.94. The smallest absolute Gasteiger partial charge is 0.223 e. The number of carbonyl (C=O) groups is 1. The topological polar surface area (TPSA) is 32.3 Å². The van der Waals surface area contributed by atoms with Gasteiger partial charge in [-0.2, -0.15) is 0 Å². The van der Waals surface area contributed by atoms with E-state index in [0.717, 1.165) is 19.5 Å². The Labute approximate surface area is 98.6 Å². The number of carbonyl (C=O) groups excluding carboxylic acids is 1. The van der Waals surface area contributed by atoms with Gasteiger partial charge in [0, 0.05) is 18.5 Å². The monoisotopic (exact) mass is 224 g/mol. The van der Waals surface area contributed by atoms with Crippen molar-refractivity contribution >= 4 is 5.91 Å². The van der Waals surface area contributed by atoms with Gasteiger partial charge in [0.05, 0.1) is 0 Å². The minimum Gasteiger partial charge on any atom is -0.337 e. The average Bonchev–Trinajstić information content (AvgIpc) is 2.60. The molecule has 2 heterocycles.